The van der Waals surface area contributed by atoms with Crippen LogP contribution in [-0.4, -0.2) is 24.2 Å². The molecule has 0 fully saturated rings. The van der Waals surface area contributed by atoms with Gasteiger partial charge in [0.15, 0.2) is 12.4 Å². The molecule has 0 aliphatic rings. The van der Waals surface area contributed by atoms with Crippen molar-refractivity contribution in [2.45, 2.75) is 0 Å². The van der Waals surface area contributed by atoms with Gasteiger partial charge in [0.25, 0.3) is 5.91 Å². The van der Waals surface area contributed by atoms with Crippen molar-refractivity contribution in [2.24, 2.45) is 0 Å². The number of hydrogen-bond donors (Lipinski definition) is 1. The van der Waals surface area contributed by atoms with E-state index in [0.29, 0.717) is 22.0 Å². The number of benzene rings is 2. The molecule has 0 spiro atoms. The van der Waals surface area contributed by atoms with Crippen LogP contribution >= 0.6 is 23.2 Å². The summed E-state index contributed by atoms with van der Waals surface area (Å²) in [5.74, 6) is -0.132. The van der Waals surface area contributed by atoms with Gasteiger partial charge in [-0.2, -0.15) is 0 Å². The first-order valence-corrected chi connectivity index (χ1v) is 7.37. The van der Waals surface area contributed by atoms with E-state index in [-0.39, 0.29) is 24.2 Å². The van der Waals surface area contributed by atoms with E-state index in [0.717, 1.165) is 0 Å². The molecular formula is C16H13Cl2NO3. The molecular weight excluding hydrogens is 325 g/mol. The van der Waals surface area contributed by atoms with E-state index in [4.69, 9.17) is 27.9 Å². The summed E-state index contributed by atoms with van der Waals surface area (Å²) in [6, 6.07) is 13.3. The number of hydrogen-bond acceptors (Lipinski definition) is 3. The fourth-order valence-electron chi connectivity index (χ4n) is 1.75. The summed E-state index contributed by atoms with van der Waals surface area (Å²) >= 11 is 11.3. The second kappa shape index (κ2) is 7.82. The molecule has 2 rings (SSSR count). The van der Waals surface area contributed by atoms with Gasteiger partial charge in [-0.25, -0.2) is 0 Å². The monoisotopic (exact) mass is 337 g/mol. The maximum absolute atomic E-state index is 11.8. The van der Waals surface area contributed by atoms with Crippen LogP contribution < -0.4 is 10.1 Å². The fraction of sp³-hybridized carbons (Fsp3) is 0.125. The Labute approximate surface area is 138 Å². The van der Waals surface area contributed by atoms with Crippen molar-refractivity contribution >= 4 is 40.6 Å². The van der Waals surface area contributed by atoms with Gasteiger partial charge in [0.1, 0.15) is 5.75 Å². The largest absolute Gasteiger partial charge is 0.484 e. The number of rotatable bonds is 6. The van der Waals surface area contributed by atoms with Crippen molar-refractivity contribution in [3.8, 4) is 5.75 Å². The molecule has 0 saturated heterocycles. The zero-order chi connectivity index (χ0) is 15.9. The lowest BCUT2D eigenvalue weighted by molar-refractivity contribution is -0.118. The lowest BCUT2D eigenvalue weighted by atomic mass is 10.1. The lowest BCUT2D eigenvalue weighted by Gasteiger charge is -2.08. The first-order valence-electron chi connectivity index (χ1n) is 6.46. The van der Waals surface area contributed by atoms with Crippen molar-refractivity contribution in [1.29, 1.82) is 0 Å². The van der Waals surface area contributed by atoms with Gasteiger partial charge in [0, 0.05) is 16.3 Å². The fourth-order valence-corrected chi connectivity index (χ4v) is 2.08. The van der Waals surface area contributed by atoms with Crippen LogP contribution in [0.3, 0.4) is 0 Å². The number of carbonyl (C=O) groups excluding carboxylic acids is 2. The van der Waals surface area contributed by atoms with Crippen LogP contribution in [0.25, 0.3) is 0 Å². The molecule has 0 aliphatic carbocycles. The molecule has 2 aromatic carbocycles. The maximum Gasteiger partial charge on any atom is 0.262 e. The molecule has 0 atom stereocenters. The summed E-state index contributed by atoms with van der Waals surface area (Å²) < 4.78 is 5.34. The van der Waals surface area contributed by atoms with E-state index in [2.05, 4.69) is 5.32 Å². The quantitative estimate of drug-likeness (QED) is 0.644. The van der Waals surface area contributed by atoms with Crippen molar-refractivity contribution in [2.75, 3.05) is 17.8 Å². The van der Waals surface area contributed by atoms with E-state index in [1.165, 1.54) is 0 Å². The Bertz CT molecular complexity index is 689. The van der Waals surface area contributed by atoms with Gasteiger partial charge in [0.2, 0.25) is 0 Å². The Morgan fingerprint density at radius 2 is 1.86 bits per heavy atom. The number of ketones is 1. The molecule has 0 bridgehead atoms. The molecule has 2 aromatic rings. The van der Waals surface area contributed by atoms with E-state index in [1.807, 2.05) is 0 Å². The number of carbonyl (C=O) groups is 2. The topological polar surface area (TPSA) is 55.4 Å². The molecule has 1 amide bonds. The third kappa shape index (κ3) is 4.76. The minimum Gasteiger partial charge on any atom is -0.484 e. The smallest absolute Gasteiger partial charge is 0.262 e. The van der Waals surface area contributed by atoms with E-state index in [1.54, 1.807) is 48.5 Å². The van der Waals surface area contributed by atoms with Gasteiger partial charge < -0.3 is 10.1 Å². The van der Waals surface area contributed by atoms with Gasteiger partial charge in [0.05, 0.1) is 5.88 Å². The minimum absolute atomic E-state index is 0.102. The molecule has 0 aromatic heterocycles. The van der Waals surface area contributed by atoms with Crippen LogP contribution in [0.2, 0.25) is 5.02 Å². The summed E-state index contributed by atoms with van der Waals surface area (Å²) in [7, 11) is 0. The Kier molecular flexibility index (Phi) is 5.81. The Morgan fingerprint density at radius 1 is 1.09 bits per heavy atom. The summed E-state index contributed by atoms with van der Waals surface area (Å²) in [5, 5.41) is 3.19. The number of ether oxygens (including phenoxy) is 1. The highest BCUT2D eigenvalue weighted by molar-refractivity contribution is 6.31. The van der Waals surface area contributed by atoms with Crippen LogP contribution in [0, 0.1) is 0 Å². The first kappa shape index (κ1) is 16.3. The Hall–Kier alpha value is -2.04. The number of alkyl halides is 1. The highest BCUT2D eigenvalue weighted by Crippen LogP contribution is 2.17. The lowest BCUT2D eigenvalue weighted by Crippen LogP contribution is -2.20. The summed E-state index contributed by atoms with van der Waals surface area (Å²) in [4.78, 5) is 23.4. The number of nitrogens with one attached hydrogen (secondary N) is 1. The van der Waals surface area contributed by atoms with E-state index >= 15 is 0 Å². The molecule has 4 nitrogen and oxygen atoms in total. The molecule has 0 aliphatic heterocycles. The Morgan fingerprint density at radius 3 is 2.59 bits per heavy atom. The van der Waals surface area contributed by atoms with Gasteiger partial charge in [-0.05, 0) is 30.3 Å². The number of amides is 1. The van der Waals surface area contributed by atoms with E-state index in [9.17, 15) is 9.59 Å². The van der Waals surface area contributed by atoms with Gasteiger partial charge in [-0.15, -0.1) is 11.6 Å². The van der Waals surface area contributed by atoms with Crippen molar-refractivity contribution in [3.05, 3.63) is 59.1 Å². The van der Waals surface area contributed by atoms with Crippen LogP contribution in [0.5, 0.6) is 5.75 Å². The molecule has 0 radical (unpaired) electrons. The summed E-state index contributed by atoms with van der Waals surface area (Å²) in [6.45, 7) is -0.159. The first-order chi connectivity index (χ1) is 10.6. The second-order valence-corrected chi connectivity index (χ2v) is 5.14. The van der Waals surface area contributed by atoms with Gasteiger partial charge in [-0.1, -0.05) is 29.8 Å². The standard InChI is InChI=1S/C16H13Cl2NO3/c17-9-15(20)11-3-1-5-13(7-11)19-16(21)10-22-14-6-2-4-12(18)8-14/h1-8H,9-10H2,(H,19,21). The predicted molar refractivity (Wildman–Crippen MR) is 87.1 cm³/mol. The van der Waals surface area contributed by atoms with Gasteiger partial charge in [-0.3, -0.25) is 9.59 Å². The SMILES string of the molecule is O=C(COc1cccc(Cl)c1)Nc1cccc(C(=O)CCl)c1. The zero-order valence-corrected chi connectivity index (χ0v) is 13.0. The van der Waals surface area contributed by atoms with Crippen LogP contribution in [-0.2, 0) is 4.79 Å². The van der Waals surface area contributed by atoms with Crippen LogP contribution in [0.4, 0.5) is 5.69 Å². The second-order valence-electron chi connectivity index (χ2n) is 4.43. The summed E-state index contributed by atoms with van der Waals surface area (Å²) in [5.41, 5.74) is 0.958. The molecule has 0 saturated carbocycles. The maximum atomic E-state index is 11.8. The van der Waals surface area contributed by atoms with Crippen LogP contribution in [0.15, 0.2) is 48.5 Å². The third-order valence-electron chi connectivity index (χ3n) is 2.76. The summed E-state index contributed by atoms with van der Waals surface area (Å²) in [6.07, 6.45) is 0. The van der Waals surface area contributed by atoms with E-state index < -0.39 is 0 Å². The van der Waals surface area contributed by atoms with Crippen LogP contribution in [0.1, 0.15) is 10.4 Å². The molecule has 0 unspecified atom stereocenters. The highest BCUT2D eigenvalue weighted by Gasteiger charge is 2.07. The van der Waals surface area contributed by atoms with Crippen molar-refractivity contribution in [1.82, 2.24) is 0 Å². The van der Waals surface area contributed by atoms with Crippen molar-refractivity contribution in [3.63, 3.8) is 0 Å². The molecule has 6 heteroatoms. The normalized spacial score (nSPS) is 10.1. The molecule has 114 valence electrons. The number of halogens is 2. The third-order valence-corrected chi connectivity index (χ3v) is 3.23. The molecule has 0 heterocycles. The average Bonchev–Trinajstić information content (AvgIpc) is 2.52. The predicted octanol–water partition coefficient (Wildman–Crippen LogP) is 3.78. The highest BCUT2D eigenvalue weighted by atomic mass is 35.5. The minimum atomic E-state index is -0.338. The molecule has 22 heavy (non-hydrogen) atoms. The molecule has 1 N–H and O–H groups in total. The van der Waals surface area contributed by atoms with Gasteiger partial charge >= 0.3 is 0 Å². The van der Waals surface area contributed by atoms with Crippen molar-refractivity contribution < 1.29 is 14.3 Å². The average molecular weight is 338 g/mol. The zero-order valence-electron chi connectivity index (χ0n) is 11.5. The Balaban J connectivity index is 1.93. The number of Topliss-reactive ketones (excluding diaryl/α,β-unsaturated/α-hetero) is 1. The number of anilines is 1.